The Morgan fingerprint density at radius 1 is 1.61 bits per heavy atom. The Morgan fingerprint density at radius 3 is 3.06 bits per heavy atom. The highest BCUT2D eigenvalue weighted by Gasteiger charge is 2.28. The van der Waals surface area contributed by atoms with Crippen LogP contribution in [0.5, 0.6) is 0 Å². The topological polar surface area (TPSA) is 71.5 Å². The molecule has 1 aliphatic heterocycles. The molecule has 2 N–H and O–H groups in total. The number of carboxylic acids is 1. The molecular formula is C13H18N2O3. The zero-order valence-corrected chi connectivity index (χ0v) is 10.6. The lowest BCUT2D eigenvalue weighted by Gasteiger charge is -2.36. The highest BCUT2D eigenvalue weighted by molar-refractivity contribution is 5.86. The van der Waals surface area contributed by atoms with Crippen molar-refractivity contribution in [3.63, 3.8) is 0 Å². The molecule has 1 aromatic heterocycles. The minimum atomic E-state index is -1.01. The van der Waals surface area contributed by atoms with Gasteiger partial charge in [-0.3, -0.25) is 0 Å². The molecule has 0 radical (unpaired) electrons. The van der Waals surface area contributed by atoms with Gasteiger partial charge in [0.05, 0.1) is 5.60 Å². The molecule has 2 heterocycles. The van der Waals surface area contributed by atoms with Crippen LogP contribution in [0.2, 0.25) is 0 Å². The summed E-state index contributed by atoms with van der Waals surface area (Å²) in [5.74, 6) is -1.01. The molecule has 1 aromatic rings. The van der Waals surface area contributed by atoms with Gasteiger partial charge in [-0.25, -0.2) is 9.78 Å². The predicted molar refractivity (Wildman–Crippen MR) is 67.9 cm³/mol. The summed E-state index contributed by atoms with van der Waals surface area (Å²) in [5, 5.41) is 12.2. The van der Waals surface area contributed by atoms with E-state index in [4.69, 9.17) is 9.84 Å². The lowest BCUT2D eigenvalue weighted by atomic mass is 9.94. The van der Waals surface area contributed by atoms with E-state index in [0.29, 0.717) is 6.04 Å². The van der Waals surface area contributed by atoms with Gasteiger partial charge < -0.3 is 15.2 Å². The second-order valence-corrected chi connectivity index (χ2v) is 5.18. The van der Waals surface area contributed by atoms with Gasteiger partial charge in [0.25, 0.3) is 0 Å². The van der Waals surface area contributed by atoms with Crippen molar-refractivity contribution >= 4 is 11.7 Å². The molecule has 1 fully saturated rings. The number of anilines is 1. The zero-order valence-electron chi connectivity index (χ0n) is 10.6. The third-order valence-electron chi connectivity index (χ3n) is 3.05. The number of rotatable bonds is 3. The third-order valence-corrected chi connectivity index (χ3v) is 3.05. The quantitative estimate of drug-likeness (QED) is 0.860. The van der Waals surface area contributed by atoms with E-state index in [1.165, 1.54) is 6.20 Å². The van der Waals surface area contributed by atoms with Gasteiger partial charge in [0.2, 0.25) is 0 Å². The van der Waals surface area contributed by atoms with Gasteiger partial charge in [-0.05, 0) is 38.8 Å². The Hall–Kier alpha value is -1.62. The average Bonchev–Trinajstić information content (AvgIpc) is 2.28. The fraction of sp³-hybridized carbons (Fsp3) is 0.538. The Labute approximate surface area is 106 Å². The molecular weight excluding hydrogens is 232 g/mol. The van der Waals surface area contributed by atoms with Crippen molar-refractivity contribution in [2.45, 2.75) is 38.3 Å². The lowest BCUT2D eigenvalue weighted by molar-refractivity contribution is -0.0553. The first-order valence-corrected chi connectivity index (χ1v) is 6.06. The number of hydrogen-bond acceptors (Lipinski definition) is 4. The smallest absolute Gasteiger partial charge is 0.354 e. The zero-order chi connectivity index (χ0) is 13.2. The summed E-state index contributed by atoms with van der Waals surface area (Å²) in [6.07, 6.45) is 3.34. The normalized spacial score (nSPS) is 22.4. The first kappa shape index (κ1) is 12.8. The summed E-state index contributed by atoms with van der Waals surface area (Å²) in [6.45, 7) is 4.85. The van der Waals surface area contributed by atoms with E-state index in [1.807, 2.05) is 0 Å². The maximum atomic E-state index is 10.8. The fourth-order valence-corrected chi connectivity index (χ4v) is 2.23. The van der Waals surface area contributed by atoms with Crippen LogP contribution in [0, 0.1) is 0 Å². The van der Waals surface area contributed by atoms with Crippen molar-refractivity contribution in [2.75, 3.05) is 11.9 Å². The monoisotopic (exact) mass is 250 g/mol. The number of carbonyl (C=O) groups is 1. The Morgan fingerprint density at radius 2 is 2.39 bits per heavy atom. The summed E-state index contributed by atoms with van der Waals surface area (Å²) in [5.41, 5.74) is 0.731. The average molecular weight is 250 g/mol. The highest BCUT2D eigenvalue weighted by Crippen LogP contribution is 2.26. The Balaban J connectivity index is 2.05. The molecule has 98 valence electrons. The molecule has 1 atom stereocenters. The molecule has 0 amide bonds. The molecule has 18 heavy (non-hydrogen) atoms. The van der Waals surface area contributed by atoms with Crippen LogP contribution >= 0.6 is 0 Å². The van der Waals surface area contributed by atoms with Crippen LogP contribution in [0.25, 0.3) is 0 Å². The van der Waals surface area contributed by atoms with Crippen LogP contribution in [-0.4, -0.2) is 34.3 Å². The van der Waals surface area contributed by atoms with Gasteiger partial charge in [-0.1, -0.05) is 0 Å². The standard InChI is InChI=1S/C13H18N2O3/c1-13(2)8-10(4-6-18-13)15-9-3-5-14-11(7-9)12(16)17/h3,5,7,10H,4,6,8H2,1-2H3,(H,14,15)(H,16,17). The molecule has 0 bridgehead atoms. The van der Waals surface area contributed by atoms with E-state index in [-0.39, 0.29) is 11.3 Å². The predicted octanol–water partition coefficient (Wildman–Crippen LogP) is 2.15. The molecule has 0 aromatic carbocycles. The largest absolute Gasteiger partial charge is 0.477 e. The summed E-state index contributed by atoms with van der Waals surface area (Å²) < 4.78 is 5.65. The number of nitrogens with one attached hydrogen (secondary N) is 1. The van der Waals surface area contributed by atoms with E-state index in [0.717, 1.165) is 25.1 Å². The van der Waals surface area contributed by atoms with Crippen LogP contribution in [-0.2, 0) is 4.74 Å². The van der Waals surface area contributed by atoms with Crippen molar-refractivity contribution < 1.29 is 14.6 Å². The van der Waals surface area contributed by atoms with Crippen molar-refractivity contribution in [3.05, 3.63) is 24.0 Å². The van der Waals surface area contributed by atoms with Crippen molar-refractivity contribution in [1.82, 2.24) is 4.98 Å². The number of aromatic nitrogens is 1. The number of hydrogen-bond donors (Lipinski definition) is 2. The second-order valence-electron chi connectivity index (χ2n) is 5.18. The van der Waals surface area contributed by atoms with Crippen LogP contribution in [0.4, 0.5) is 5.69 Å². The van der Waals surface area contributed by atoms with E-state index >= 15 is 0 Å². The number of carboxylic acid groups (broad SMARTS) is 1. The van der Waals surface area contributed by atoms with E-state index in [1.54, 1.807) is 12.1 Å². The Kier molecular flexibility index (Phi) is 3.52. The summed E-state index contributed by atoms with van der Waals surface area (Å²) in [6, 6.07) is 3.65. The SMILES string of the molecule is CC1(C)CC(Nc2ccnc(C(=O)O)c2)CCO1. The lowest BCUT2D eigenvalue weighted by Crippen LogP contribution is -2.40. The molecule has 5 heteroatoms. The summed E-state index contributed by atoms with van der Waals surface area (Å²) in [4.78, 5) is 14.6. The van der Waals surface area contributed by atoms with E-state index < -0.39 is 5.97 Å². The first-order valence-electron chi connectivity index (χ1n) is 6.06. The number of ether oxygens (including phenoxy) is 1. The maximum absolute atomic E-state index is 10.8. The van der Waals surface area contributed by atoms with Gasteiger partial charge in [-0.2, -0.15) is 0 Å². The molecule has 0 spiro atoms. The molecule has 1 aliphatic rings. The molecule has 1 saturated heterocycles. The van der Waals surface area contributed by atoms with Crippen LogP contribution < -0.4 is 5.32 Å². The number of aromatic carboxylic acids is 1. The maximum Gasteiger partial charge on any atom is 0.354 e. The third kappa shape index (κ3) is 3.20. The van der Waals surface area contributed by atoms with Gasteiger partial charge in [0, 0.05) is 24.5 Å². The van der Waals surface area contributed by atoms with Gasteiger partial charge in [-0.15, -0.1) is 0 Å². The molecule has 5 nitrogen and oxygen atoms in total. The second kappa shape index (κ2) is 4.94. The van der Waals surface area contributed by atoms with Crippen LogP contribution in [0.1, 0.15) is 37.2 Å². The first-order chi connectivity index (χ1) is 8.46. The molecule has 2 rings (SSSR count). The van der Waals surface area contributed by atoms with Gasteiger partial charge in [0.1, 0.15) is 5.69 Å². The minimum Gasteiger partial charge on any atom is -0.477 e. The fourth-order valence-electron chi connectivity index (χ4n) is 2.23. The molecule has 0 aliphatic carbocycles. The molecule has 0 saturated carbocycles. The van der Waals surface area contributed by atoms with E-state index in [9.17, 15) is 4.79 Å². The van der Waals surface area contributed by atoms with Crippen molar-refractivity contribution in [3.8, 4) is 0 Å². The molecule has 1 unspecified atom stereocenters. The minimum absolute atomic E-state index is 0.0614. The highest BCUT2D eigenvalue weighted by atomic mass is 16.5. The number of nitrogens with zero attached hydrogens (tertiary/aromatic N) is 1. The van der Waals surface area contributed by atoms with Crippen molar-refractivity contribution in [2.24, 2.45) is 0 Å². The van der Waals surface area contributed by atoms with Crippen LogP contribution in [0.15, 0.2) is 18.3 Å². The summed E-state index contributed by atoms with van der Waals surface area (Å²) in [7, 11) is 0. The van der Waals surface area contributed by atoms with Crippen molar-refractivity contribution in [1.29, 1.82) is 0 Å². The van der Waals surface area contributed by atoms with E-state index in [2.05, 4.69) is 24.1 Å². The van der Waals surface area contributed by atoms with Gasteiger partial charge in [0.15, 0.2) is 0 Å². The number of pyridine rings is 1. The van der Waals surface area contributed by atoms with Gasteiger partial charge >= 0.3 is 5.97 Å². The van der Waals surface area contributed by atoms with Crippen LogP contribution in [0.3, 0.4) is 0 Å². The summed E-state index contributed by atoms with van der Waals surface area (Å²) >= 11 is 0. The Bertz CT molecular complexity index is 446.